The van der Waals surface area contributed by atoms with E-state index >= 15 is 0 Å². The lowest BCUT2D eigenvalue weighted by Gasteiger charge is -2.11. The van der Waals surface area contributed by atoms with Crippen LogP contribution in [0.5, 0.6) is 0 Å². The van der Waals surface area contributed by atoms with Crippen molar-refractivity contribution in [2.75, 3.05) is 7.11 Å². The Kier molecular flexibility index (Phi) is 4.09. The second-order valence-electron chi connectivity index (χ2n) is 3.03. The van der Waals surface area contributed by atoms with Crippen molar-refractivity contribution >= 4 is 5.97 Å². The number of hydrogen-bond acceptors (Lipinski definition) is 2. The molecule has 0 radical (unpaired) electrons. The van der Waals surface area contributed by atoms with Crippen LogP contribution < -0.4 is 0 Å². The van der Waals surface area contributed by atoms with Crippen LogP contribution in [-0.4, -0.2) is 13.1 Å². The summed E-state index contributed by atoms with van der Waals surface area (Å²) in [4.78, 5) is 10.7. The highest BCUT2D eigenvalue weighted by atomic mass is 16.5. The maximum absolute atomic E-state index is 10.7. The highest BCUT2D eigenvalue weighted by Gasteiger charge is 2.08. The van der Waals surface area contributed by atoms with E-state index in [1.807, 2.05) is 13.8 Å². The standard InChI is InChI=1S/C10H14O2/c1-5-7-10(2,3)8-6-9(11)12-4/h6-8H,1H2,2-4H3/b8-6+. The zero-order valence-corrected chi connectivity index (χ0v) is 7.76. The van der Waals surface area contributed by atoms with Crippen LogP contribution in [0.25, 0.3) is 0 Å². The van der Waals surface area contributed by atoms with Gasteiger partial charge in [-0.05, 0) is 6.08 Å². The predicted molar refractivity (Wildman–Crippen MR) is 48.6 cm³/mol. The number of esters is 1. The lowest BCUT2D eigenvalue weighted by atomic mass is 9.93. The molecule has 0 saturated carbocycles. The highest BCUT2D eigenvalue weighted by Crippen LogP contribution is 2.17. The van der Waals surface area contributed by atoms with Gasteiger partial charge in [0, 0.05) is 11.5 Å². The topological polar surface area (TPSA) is 26.3 Å². The molecule has 0 saturated heterocycles. The molecule has 0 rings (SSSR count). The molecule has 0 aromatic rings. The summed E-state index contributed by atoms with van der Waals surface area (Å²) in [6.45, 7) is 7.36. The number of carbonyl (C=O) groups excluding carboxylic acids is 1. The van der Waals surface area contributed by atoms with Crippen molar-refractivity contribution in [3.8, 4) is 0 Å². The third-order valence-electron chi connectivity index (χ3n) is 1.32. The number of rotatable bonds is 3. The second-order valence-corrected chi connectivity index (χ2v) is 3.03. The highest BCUT2D eigenvalue weighted by molar-refractivity contribution is 5.81. The summed E-state index contributed by atoms with van der Waals surface area (Å²) in [7, 11) is 1.35. The molecule has 0 aliphatic carbocycles. The van der Waals surface area contributed by atoms with Crippen LogP contribution in [0, 0.1) is 5.41 Å². The van der Waals surface area contributed by atoms with Crippen LogP contribution in [0.2, 0.25) is 0 Å². The average Bonchev–Trinajstić information content (AvgIpc) is 2.00. The first-order chi connectivity index (χ1) is 5.52. The van der Waals surface area contributed by atoms with E-state index in [0.717, 1.165) is 0 Å². The largest absolute Gasteiger partial charge is 0.466 e. The van der Waals surface area contributed by atoms with Crippen molar-refractivity contribution in [1.29, 1.82) is 0 Å². The van der Waals surface area contributed by atoms with Gasteiger partial charge in [-0.25, -0.2) is 4.79 Å². The molecule has 66 valence electrons. The van der Waals surface area contributed by atoms with E-state index in [1.165, 1.54) is 13.2 Å². The third-order valence-corrected chi connectivity index (χ3v) is 1.32. The normalized spacial score (nSPS) is 10.9. The maximum Gasteiger partial charge on any atom is 0.330 e. The van der Waals surface area contributed by atoms with Crippen LogP contribution >= 0.6 is 0 Å². The van der Waals surface area contributed by atoms with Gasteiger partial charge in [0.15, 0.2) is 0 Å². The van der Waals surface area contributed by atoms with Gasteiger partial charge in [-0.3, -0.25) is 0 Å². The summed E-state index contributed by atoms with van der Waals surface area (Å²) in [6, 6.07) is 0. The van der Waals surface area contributed by atoms with Crippen molar-refractivity contribution in [2.45, 2.75) is 13.8 Å². The van der Waals surface area contributed by atoms with Crippen molar-refractivity contribution in [1.82, 2.24) is 0 Å². The van der Waals surface area contributed by atoms with Gasteiger partial charge < -0.3 is 4.74 Å². The van der Waals surface area contributed by atoms with Crippen LogP contribution in [0.1, 0.15) is 13.8 Å². The third kappa shape index (κ3) is 4.53. The zero-order chi connectivity index (χ0) is 9.61. The van der Waals surface area contributed by atoms with Gasteiger partial charge in [-0.1, -0.05) is 26.5 Å². The lowest BCUT2D eigenvalue weighted by Crippen LogP contribution is -2.04. The quantitative estimate of drug-likeness (QED) is 0.364. The Bertz CT molecular complexity index is 230. The lowest BCUT2D eigenvalue weighted by molar-refractivity contribution is -0.134. The molecule has 0 aromatic heterocycles. The minimum absolute atomic E-state index is 0.198. The van der Waals surface area contributed by atoms with E-state index in [9.17, 15) is 4.79 Å². The van der Waals surface area contributed by atoms with Crippen molar-refractivity contribution in [3.63, 3.8) is 0 Å². The molecular formula is C10H14O2. The average molecular weight is 166 g/mol. The zero-order valence-electron chi connectivity index (χ0n) is 7.76. The van der Waals surface area contributed by atoms with Gasteiger partial charge in [0.05, 0.1) is 7.11 Å². The fourth-order valence-corrected chi connectivity index (χ4v) is 0.662. The van der Waals surface area contributed by atoms with Crippen LogP contribution in [0.3, 0.4) is 0 Å². The van der Waals surface area contributed by atoms with E-state index < -0.39 is 0 Å². The van der Waals surface area contributed by atoms with Crippen LogP contribution in [0.15, 0.2) is 30.5 Å². The Hall–Kier alpha value is -1.27. The molecule has 12 heavy (non-hydrogen) atoms. The van der Waals surface area contributed by atoms with Crippen LogP contribution in [0.4, 0.5) is 0 Å². The molecule has 0 fully saturated rings. The Morgan fingerprint density at radius 2 is 2.17 bits per heavy atom. The summed E-state index contributed by atoms with van der Waals surface area (Å²) in [6.07, 6.45) is 4.93. The number of carbonyl (C=O) groups is 1. The molecule has 0 bridgehead atoms. The summed E-state index contributed by atoms with van der Waals surface area (Å²) < 4.78 is 4.45. The van der Waals surface area contributed by atoms with Crippen molar-refractivity contribution in [2.24, 2.45) is 5.41 Å². The Morgan fingerprint density at radius 1 is 1.58 bits per heavy atom. The SMILES string of the molecule is C=C=CC(C)(C)/C=C/C(=O)OC. The molecule has 0 aromatic carbocycles. The molecule has 0 aliphatic rings. The van der Waals surface area contributed by atoms with E-state index in [1.54, 1.807) is 12.2 Å². The first kappa shape index (κ1) is 10.7. The van der Waals surface area contributed by atoms with E-state index in [0.29, 0.717) is 0 Å². The van der Waals surface area contributed by atoms with Crippen LogP contribution in [-0.2, 0) is 9.53 Å². The fraction of sp³-hybridized carbons (Fsp3) is 0.400. The van der Waals surface area contributed by atoms with Gasteiger partial charge in [0.2, 0.25) is 0 Å². The Balaban J connectivity index is 4.32. The molecule has 0 atom stereocenters. The summed E-state index contributed by atoms with van der Waals surface area (Å²) in [5.41, 5.74) is 2.47. The fourth-order valence-electron chi connectivity index (χ4n) is 0.662. The predicted octanol–water partition coefficient (Wildman–Crippen LogP) is 2.08. The Morgan fingerprint density at radius 3 is 2.58 bits per heavy atom. The van der Waals surface area contributed by atoms with Gasteiger partial charge >= 0.3 is 5.97 Å². The van der Waals surface area contributed by atoms with Crippen molar-refractivity contribution in [3.05, 3.63) is 30.5 Å². The summed E-state index contributed by atoms with van der Waals surface area (Å²) >= 11 is 0. The summed E-state index contributed by atoms with van der Waals surface area (Å²) in [5.74, 6) is -0.347. The first-order valence-corrected chi connectivity index (χ1v) is 3.66. The molecule has 2 heteroatoms. The smallest absolute Gasteiger partial charge is 0.330 e. The van der Waals surface area contributed by atoms with Gasteiger partial charge in [0.25, 0.3) is 0 Å². The number of methoxy groups -OCH3 is 1. The molecule has 0 spiro atoms. The minimum Gasteiger partial charge on any atom is -0.466 e. The van der Waals surface area contributed by atoms with E-state index in [4.69, 9.17) is 0 Å². The monoisotopic (exact) mass is 166 g/mol. The van der Waals surface area contributed by atoms with Gasteiger partial charge in [-0.2, -0.15) is 0 Å². The second kappa shape index (κ2) is 4.58. The van der Waals surface area contributed by atoms with E-state index in [2.05, 4.69) is 17.0 Å². The number of hydrogen-bond donors (Lipinski definition) is 0. The molecule has 0 amide bonds. The molecular weight excluding hydrogens is 152 g/mol. The molecule has 0 unspecified atom stereocenters. The molecule has 0 heterocycles. The first-order valence-electron chi connectivity index (χ1n) is 3.66. The van der Waals surface area contributed by atoms with Gasteiger partial charge in [0.1, 0.15) is 0 Å². The van der Waals surface area contributed by atoms with Crippen molar-refractivity contribution < 1.29 is 9.53 Å². The minimum atomic E-state index is -0.347. The number of allylic oxidation sites excluding steroid dienone is 2. The Labute approximate surface area is 73.2 Å². The van der Waals surface area contributed by atoms with Gasteiger partial charge in [-0.15, -0.1) is 5.73 Å². The molecule has 0 aliphatic heterocycles. The summed E-state index contributed by atoms with van der Waals surface area (Å²) in [5, 5.41) is 0. The maximum atomic E-state index is 10.7. The molecule has 2 nitrogen and oxygen atoms in total. The molecule has 0 N–H and O–H groups in total. The van der Waals surface area contributed by atoms with E-state index in [-0.39, 0.29) is 11.4 Å². The number of ether oxygens (including phenoxy) is 1.